The number of rotatable bonds is 7. The Morgan fingerprint density at radius 2 is 2.21 bits per heavy atom. The fourth-order valence-corrected chi connectivity index (χ4v) is 2.31. The minimum absolute atomic E-state index is 0.0644. The highest BCUT2D eigenvalue weighted by Gasteiger charge is 2.23. The standard InChI is InChI=1S/C14H24ClN3O/c1-5-14(4,6-7-15)17-12-13(19)18(9-8-16-12)10-11(2)3/h8-9,11H,5-7,10H2,1-4H3,(H,16,17). The zero-order chi connectivity index (χ0) is 14.5. The van der Waals surface area contributed by atoms with Crippen LogP contribution in [0.3, 0.4) is 0 Å². The van der Waals surface area contributed by atoms with Crippen LogP contribution in [0.25, 0.3) is 0 Å². The third-order valence-corrected chi connectivity index (χ3v) is 3.51. The summed E-state index contributed by atoms with van der Waals surface area (Å²) in [6.07, 6.45) is 5.09. The van der Waals surface area contributed by atoms with Crippen molar-refractivity contribution in [2.24, 2.45) is 5.92 Å². The third-order valence-electron chi connectivity index (χ3n) is 3.32. The van der Waals surface area contributed by atoms with Gasteiger partial charge in [0.05, 0.1) is 0 Å². The van der Waals surface area contributed by atoms with Crippen LogP contribution < -0.4 is 10.9 Å². The van der Waals surface area contributed by atoms with E-state index in [0.29, 0.717) is 24.2 Å². The Morgan fingerprint density at radius 3 is 2.74 bits per heavy atom. The van der Waals surface area contributed by atoms with Crippen molar-refractivity contribution in [3.05, 3.63) is 22.7 Å². The fraction of sp³-hybridized carbons (Fsp3) is 0.714. The fourth-order valence-electron chi connectivity index (χ4n) is 1.89. The molecule has 0 amide bonds. The minimum Gasteiger partial charge on any atom is -0.360 e. The summed E-state index contributed by atoms with van der Waals surface area (Å²) < 4.78 is 1.71. The summed E-state index contributed by atoms with van der Waals surface area (Å²) in [7, 11) is 0. The first kappa shape index (κ1) is 16.0. The molecule has 4 nitrogen and oxygen atoms in total. The van der Waals surface area contributed by atoms with Crippen LogP contribution in [0.5, 0.6) is 0 Å². The Balaban J connectivity index is 2.98. The number of aromatic nitrogens is 2. The first-order valence-electron chi connectivity index (χ1n) is 6.81. The van der Waals surface area contributed by atoms with E-state index in [1.165, 1.54) is 0 Å². The highest BCUT2D eigenvalue weighted by molar-refractivity contribution is 6.17. The van der Waals surface area contributed by atoms with Gasteiger partial charge in [-0.2, -0.15) is 0 Å². The molecule has 0 aliphatic rings. The molecule has 1 aromatic rings. The summed E-state index contributed by atoms with van der Waals surface area (Å²) in [6, 6.07) is 0. The molecular formula is C14H24ClN3O. The van der Waals surface area contributed by atoms with Gasteiger partial charge in [0.15, 0.2) is 5.82 Å². The molecule has 0 aromatic carbocycles. The van der Waals surface area contributed by atoms with Crippen LogP contribution in [-0.4, -0.2) is 21.0 Å². The van der Waals surface area contributed by atoms with Crippen molar-refractivity contribution >= 4 is 17.4 Å². The predicted octanol–water partition coefficient (Wildman–Crippen LogP) is 3.11. The Labute approximate surface area is 120 Å². The molecule has 0 radical (unpaired) electrons. The molecule has 0 fully saturated rings. The maximum absolute atomic E-state index is 12.3. The van der Waals surface area contributed by atoms with Gasteiger partial charge in [-0.05, 0) is 25.7 Å². The average molecular weight is 286 g/mol. The molecular weight excluding hydrogens is 262 g/mol. The van der Waals surface area contributed by atoms with Crippen molar-refractivity contribution in [2.45, 2.75) is 52.6 Å². The van der Waals surface area contributed by atoms with E-state index in [1.807, 2.05) is 0 Å². The van der Waals surface area contributed by atoms with Crippen LogP contribution in [0.15, 0.2) is 17.2 Å². The van der Waals surface area contributed by atoms with Gasteiger partial charge in [0.25, 0.3) is 5.56 Å². The van der Waals surface area contributed by atoms with Gasteiger partial charge in [-0.25, -0.2) is 4.98 Å². The number of hydrogen-bond donors (Lipinski definition) is 1. The molecule has 0 aliphatic heterocycles. The van der Waals surface area contributed by atoms with Crippen molar-refractivity contribution in [3.63, 3.8) is 0 Å². The first-order valence-corrected chi connectivity index (χ1v) is 7.35. The Kier molecular flexibility index (Phi) is 5.85. The summed E-state index contributed by atoms with van der Waals surface area (Å²) in [5.41, 5.74) is -0.254. The van der Waals surface area contributed by atoms with E-state index in [9.17, 15) is 4.79 Å². The lowest BCUT2D eigenvalue weighted by Crippen LogP contribution is -2.38. The Morgan fingerprint density at radius 1 is 1.53 bits per heavy atom. The van der Waals surface area contributed by atoms with Crippen molar-refractivity contribution in [3.8, 4) is 0 Å². The summed E-state index contributed by atoms with van der Waals surface area (Å²) in [6.45, 7) is 9.02. The highest BCUT2D eigenvalue weighted by atomic mass is 35.5. The zero-order valence-electron chi connectivity index (χ0n) is 12.2. The molecule has 5 heteroatoms. The van der Waals surface area contributed by atoms with Crippen molar-refractivity contribution < 1.29 is 0 Å². The lowest BCUT2D eigenvalue weighted by atomic mass is 9.95. The van der Waals surface area contributed by atoms with Gasteiger partial charge in [0.2, 0.25) is 0 Å². The Bertz CT molecular complexity index is 458. The molecule has 108 valence electrons. The molecule has 1 unspecified atom stereocenters. The quantitative estimate of drug-likeness (QED) is 0.783. The smallest absolute Gasteiger partial charge is 0.293 e. The summed E-state index contributed by atoms with van der Waals surface area (Å²) in [5.74, 6) is 1.40. The number of hydrogen-bond acceptors (Lipinski definition) is 3. The molecule has 0 aliphatic carbocycles. The van der Waals surface area contributed by atoms with Crippen molar-refractivity contribution in [1.29, 1.82) is 0 Å². The molecule has 0 spiro atoms. The Hall–Kier alpha value is -1.03. The molecule has 19 heavy (non-hydrogen) atoms. The molecule has 0 bridgehead atoms. The van der Waals surface area contributed by atoms with Crippen LogP contribution in [-0.2, 0) is 6.54 Å². The van der Waals surface area contributed by atoms with Crippen LogP contribution in [0.1, 0.15) is 40.5 Å². The molecule has 1 heterocycles. The second kappa shape index (κ2) is 6.94. The molecule has 1 aromatic heterocycles. The lowest BCUT2D eigenvalue weighted by molar-refractivity contribution is 0.473. The number of nitrogens with one attached hydrogen (secondary N) is 1. The van der Waals surface area contributed by atoms with Gasteiger partial charge >= 0.3 is 0 Å². The molecule has 1 N–H and O–H groups in total. The highest BCUT2D eigenvalue weighted by Crippen LogP contribution is 2.19. The number of nitrogens with zero attached hydrogens (tertiary/aromatic N) is 2. The van der Waals surface area contributed by atoms with E-state index >= 15 is 0 Å². The number of halogens is 1. The molecule has 0 saturated carbocycles. The first-order chi connectivity index (χ1) is 8.91. The predicted molar refractivity (Wildman–Crippen MR) is 81.0 cm³/mol. The zero-order valence-corrected chi connectivity index (χ0v) is 13.0. The van der Waals surface area contributed by atoms with Crippen LogP contribution in [0.2, 0.25) is 0 Å². The average Bonchev–Trinajstić information content (AvgIpc) is 2.34. The van der Waals surface area contributed by atoms with Crippen LogP contribution >= 0.6 is 11.6 Å². The van der Waals surface area contributed by atoms with Crippen LogP contribution in [0.4, 0.5) is 5.82 Å². The minimum atomic E-state index is -0.190. The largest absolute Gasteiger partial charge is 0.360 e. The number of alkyl halides is 1. The SMILES string of the molecule is CCC(C)(CCCl)Nc1nccn(CC(C)C)c1=O. The van der Waals surface area contributed by atoms with Crippen LogP contribution in [0, 0.1) is 5.92 Å². The topological polar surface area (TPSA) is 46.9 Å². The van der Waals surface area contributed by atoms with E-state index in [0.717, 1.165) is 12.8 Å². The maximum Gasteiger partial charge on any atom is 0.293 e. The van der Waals surface area contributed by atoms with E-state index < -0.39 is 0 Å². The van der Waals surface area contributed by atoms with Crippen molar-refractivity contribution in [1.82, 2.24) is 9.55 Å². The van der Waals surface area contributed by atoms with E-state index in [4.69, 9.17) is 11.6 Å². The van der Waals surface area contributed by atoms with Gasteiger partial charge in [0.1, 0.15) is 0 Å². The van der Waals surface area contributed by atoms with E-state index in [2.05, 4.69) is 38.0 Å². The van der Waals surface area contributed by atoms with Gasteiger partial charge < -0.3 is 9.88 Å². The molecule has 0 saturated heterocycles. The van der Waals surface area contributed by atoms with Gasteiger partial charge in [-0.3, -0.25) is 4.79 Å². The molecule has 1 atom stereocenters. The molecule has 1 rings (SSSR count). The summed E-state index contributed by atoms with van der Waals surface area (Å²) in [5, 5.41) is 3.26. The van der Waals surface area contributed by atoms with E-state index in [1.54, 1.807) is 17.0 Å². The van der Waals surface area contributed by atoms with Gasteiger partial charge in [-0.1, -0.05) is 20.8 Å². The summed E-state index contributed by atoms with van der Waals surface area (Å²) in [4.78, 5) is 16.5. The number of anilines is 1. The monoisotopic (exact) mass is 285 g/mol. The second-order valence-electron chi connectivity index (χ2n) is 5.61. The van der Waals surface area contributed by atoms with E-state index in [-0.39, 0.29) is 11.1 Å². The normalized spacial score (nSPS) is 14.4. The second-order valence-corrected chi connectivity index (χ2v) is 5.98. The van der Waals surface area contributed by atoms with Crippen molar-refractivity contribution in [2.75, 3.05) is 11.2 Å². The maximum atomic E-state index is 12.3. The van der Waals surface area contributed by atoms with Gasteiger partial charge in [0, 0.05) is 30.4 Å². The lowest BCUT2D eigenvalue weighted by Gasteiger charge is -2.29. The third kappa shape index (κ3) is 4.53. The van der Waals surface area contributed by atoms with Gasteiger partial charge in [-0.15, -0.1) is 11.6 Å². The summed E-state index contributed by atoms with van der Waals surface area (Å²) >= 11 is 5.83.